The molecule has 0 bridgehead atoms. The first-order valence-corrected chi connectivity index (χ1v) is 11.1. The number of nitrogens with one attached hydrogen (secondary N) is 1. The van der Waals surface area contributed by atoms with Crippen molar-refractivity contribution in [2.75, 3.05) is 18.6 Å². The number of hydrogen-bond acceptors (Lipinski definition) is 4. The Balaban J connectivity index is 1.51. The predicted octanol–water partition coefficient (Wildman–Crippen LogP) is 4.62. The van der Waals surface area contributed by atoms with E-state index in [-0.39, 0.29) is 17.9 Å². The summed E-state index contributed by atoms with van der Waals surface area (Å²) in [5, 5.41) is 2.97. The van der Waals surface area contributed by atoms with Crippen LogP contribution in [0.2, 0.25) is 0 Å². The summed E-state index contributed by atoms with van der Waals surface area (Å²) in [6.07, 6.45) is 0.797. The average Bonchev–Trinajstić information content (AvgIpc) is 3.17. The standard InChI is InChI=1S/C27H28N2O4/c1-4-33-25-8-6-5-7-23(25)26(30)28-17-19-9-10-21-15-18(2)29(24(21)16-19)27(31)20-11-13-22(32-3)14-12-20/h5-14,16,18H,4,15,17H2,1-3H3,(H,28,30)/t18-/m0/s1. The maximum Gasteiger partial charge on any atom is 0.258 e. The lowest BCUT2D eigenvalue weighted by Crippen LogP contribution is -2.35. The number of nitrogens with zero attached hydrogens (tertiary/aromatic N) is 1. The van der Waals surface area contributed by atoms with E-state index in [1.54, 1.807) is 43.5 Å². The fourth-order valence-corrected chi connectivity index (χ4v) is 4.16. The zero-order valence-corrected chi connectivity index (χ0v) is 19.1. The van der Waals surface area contributed by atoms with Gasteiger partial charge >= 0.3 is 0 Å². The summed E-state index contributed by atoms with van der Waals surface area (Å²) in [6.45, 7) is 4.78. The number of carbonyl (C=O) groups is 2. The van der Waals surface area contributed by atoms with Gasteiger partial charge < -0.3 is 19.7 Å². The van der Waals surface area contributed by atoms with Gasteiger partial charge in [-0.1, -0.05) is 24.3 Å². The van der Waals surface area contributed by atoms with Crippen LogP contribution in [0.15, 0.2) is 66.7 Å². The molecule has 33 heavy (non-hydrogen) atoms. The number of fused-ring (bicyclic) bond motifs is 1. The molecule has 1 aliphatic heterocycles. The van der Waals surface area contributed by atoms with Gasteiger partial charge in [0, 0.05) is 23.8 Å². The number of methoxy groups -OCH3 is 1. The van der Waals surface area contributed by atoms with Crippen LogP contribution in [0.5, 0.6) is 11.5 Å². The summed E-state index contributed by atoms with van der Waals surface area (Å²) in [6, 6.07) is 20.4. The number of carbonyl (C=O) groups excluding carboxylic acids is 2. The zero-order chi connectivity index (χ0) is 23.4. The molecule has 1 heterocycles. The van der Waals surface area contributed by atoms with Crippen LogP contribution < -0.4 is 19.7 Å². The van der Waals surface area contributed by atoms with Crippen molar-refractivity contribution in [3.8, 4) is 11.5 Å². The fraction of sp³-hybridized carbons (Fsp3) is 0.259. The van der Waals surface area contributed by atoms with Crippen LogP contribution in [0.1, 0.15) is 45.7 Å². The van der Waals surface area contributed by atoms with Crippen LogP contribution >= 0.6 is 0 Å². The molecule has 0 aromatic heterocycles. The summed E-state index contributed by atoms with van der Waals surface area (Å²) < 4.78 is 10.8. The van der Waals surface area contributed by atoms with Crippen molar-refractivity contribution in [2.45, 2.75) is 32.9 Å². The molecule has 6 nitrogen and oxygen atoms in total. The highest BCUT2D eigenvalue weighted by Gasteiger charge is 2.31. The highest BCUT2D eigenvalue weighted by molar-refractivity contribution is 6.08. The number of anilines is 1. The molecule has 1 atom stereocenters. The topological polar surface area (TPSA) is 67.9 Å². The van der Waals surface area contributed by atoms with Crippen LogP contribution in [0, 0.1) is 0 Å². The van der Waals surface area contributed by atoms with E-state index in [0.717, 1.165) is 23.2 Å². The Morgan fingerprint density at radius 1 is 1.06 bits per heavy atom. The number of hydrogen-bond donors (Lipinski definition) is 1. The predicted molar refractivity (Wildman–Crippen MR) is 128 cm³/mol. The molecule has 0 saturated heterocycles. The Hall–Kier alpha value is -3.80. The molecule has 0 fully saturated rings. The van der Waals surface area contributed by atoms with Crippen molar-refractivity contribution in [3.05, 3.63) is 89.0 Å². The first-order valence-electron chi connectivity index (χ1n) is 11.1. The van der Waals surface area contributed by atoms with Crippen molar-refractivity contribution in [1.29, 1.82) is 0 Å². The lowest BCUT2D eigenvalue weighted by molar-refractivity contribution is 0.0945. The van der Waals surface area contributed by atoms with E-state index < -0.39 is 0 Å². The smallest absolute Gasteiger partial charge is 0.258 e. The molecule has 4 rings (SSSR count). The minimum atomic E-state index is -0.195. The number of amides is 2. The van der Waals surface area contributed by atoms with Gasteiger partial charge in [-0.2, -0.15) is 0 Å². The SMILES string of the molecule is CCOc1ccccc1C(=O)NCc1ccc2c(c1)N(C(=O)c1ccc(OC)cc1)[C@@H](C)C2. The summed E-state index contributed by atoms with van der Waals surface area (Å²) >= 11 is 0. The molecule has 0 aliphatic carbocycles. The second-order valence-corrected chi connectivity index (χ2v) is 8.03. The average molecular weight is 445 g/mol. The van der Waals surface area contributed by atoms with Gasteiger partial charge in [-0.05, 0) is 73.9 Å². The Bertz CT molecular complexity index is 1160. The minimum absolute atomic E-state index is 0.0456. The molecule has 1 N–H and O–H groups in total. The van der Waals surface area contributed by atoms with E-state index in [0.29, 0.717) is 35.8 Å². The maximum absolute atomic E-state index is 13.3. The minimum Gasteiger partial charge on any atom is -0.497 e. The van der Waals surface area contributed by atoms with Crippen molar-refractivity contribution in [2.24, 2.45) is 0 Å². The third-order valence-electron chi connectivity index (χ3n) is 5.81. The van der Waals surface area contributed by atoms with Crippen molar-refractivity contribution in [1.82, 2.24) is 5.32 Å². The first-order chi connectivity index (χ1) is 16.0. The normalized spacial score (nSPS) is 14.5. The summed E-state index contributed by atoms with van der Waals surface area (Å²) in [5.41, 5.74) is 4.07. The van der Waals surface area contributed by atoms with Crippen LogP contribution in [-0.2, 0) is 13.0 Å². The van der Waals surface area contributed by atoms with Crippen molar-refractivity contribution >= 4 is 17.5 Å². The lowest BCUT2D eigenvalue weighted by Gasteiger charge is -2.23. The molecule has 1 aliphatic rings. The Labute approximate surface area is 194 Å². The molecule has 3 aromatic rings. The van der Waals surface area contributed by atoms with E-state index in [1.807, 2.05) is 49.1 Å². The molecule has 3 aromatic carbocycles. The van der Waals surface area contributed by atoms with Gasteiger partial charge in [0.25, 0.3) is 11.8 Å². The summed E-state index contributed by atoms with van der Waals surface area (Å²) in [5.74, 6) is 1.04. The molecular weight excluding hydrogens is 416 g/mol. The molecule has 2 amide bonds. The summed E-state index contributed by atoms with van der Waals surface area (Å²) in [4.78, 5) is 27.9. The van der Waals surface area contributed by atoms with Crippen molar-refractivity contribution < 1.29 is 19.1 Å². The third kappa shape index (κ3) is 4.70. The van der Waals surface area contributed by atoms with Crippen molar-refractivity contribution in [3.63, 3.8) is 0 Å². The lowest BCUT2D eigenvalue weighted by atomic mass is 10.1. The van der Waals surface area contributed by atoms with Crippen LogP contribution in [0.4, 0.5) is 5.69 Å². The molecule has 0 spiro atoms. The number of ether oxygens (including phenoxy) is 2. The van der Waals surface area contributed by atoms with E-state index in [9.17, 15) is 9.59 Å². The molecular formula is C27H28N2O4. The van der Waals surface area contributed by atoms with Crippen LogP contribution in [0.25, 0.3) is 0 Å². The molecule has 170 valence electrons. The fourth-order valence-electron chi connectivity index (χ4n) is 4.16. The number of para-hydroxylation sites is 1. The Kier molecular flexibility index (Phi) is 6.63. The van der Waals surface area contributed by atoms with Gasteiger partial charge in [0.1, 0.15) is 11.5 Å². The maximum atomic E-state index is 13.3. The van der Waals surface area contributed by atoms with Gasteiger partial charge in [-0.3, -0.25) is 9.59 Å². The largest absolute Gasteiger partial charge is 0.497 e. The highest BCUT2D eigenvalue weighted by atomic mass is 16.5. The molecule has 6 heteroatoms. The van der Waals surface area contributed by atoms with E-state index >= 15 is 0 Å². The molecule has 0 unspecified atom stereocenters. The monoisotopic (exact) mass is 444 g/mol. The van der Waals surface area contributed by atoms with Gasteiger partial charge in [0.15, 0.2) is 0 Å². The highest BCUT2D eigenvalue weighted by Crippen LogP contribution is 2.34. The quantitative estimate of drug-likeness (QED) is 0.578. The summed E-state index contributed by atoms with van der Waals surface area (Å²) in [7, 11) is 1.60. The number of rotatable bonds is 7. The Morgan fingerprint density at radius 3 is 2.55 bits per heavy atom. The third-order valence-corrected chi connectivity index (χ3v) is 5.81. The van der Waals surface area contributed by atoms with E-state index in [1.165, 1.54) is 0 Å². The van der Waals surface area contributed by atoms with E-state index in [4.69, 9.17) is 9.47 Å². The second-order valence-electron chi connectivity index (χ2n) is 8.03. The van der Waals surface area contributed by atoms with Gasteiger partial charge in [0.2, 0.25) is 0 Å². The first kappa shape index (κ1) is 22.4. The Morgan fingerprint density at radius 2 is 1.82 bits per heavy atom. The van der Waals surface area contributed by atoms with E-state index in [2.05, 4.69) is 5.32 Å². The van der Waals surface area contributed by atoms with Gasteiger partial charge in [-0.25, -0.2) is 0 Å². The van der Waals surface area contributed by atoms with Gasteiger partial charge in [0.05, 0.1) is 19.3 Å². The molecule has 0 saturated carbocycles. The van der Waals surface area contributed by atoms with Gasteiger partial charge in [-0.15, -0.1) is 0 Å². The zero-order valence-electron chi connectivity index (χ0n) is 19.1. The molecule has 0 radical (unpaired) electrons. The number of benzene rings is 3. The second kappa shape index (κ2) is 9.77. The van der Waals surface area contributed by atoms with Crippen LogP contribution in [-0.4, -0.2) is 31.6 Å². The van der Waals surface area contributed by atoms with Crippen LogP contribution in [0.3, 0.4) is 0 Å².